The number of benzene rings is 2. The maximum Gasteiger partial charge on any atom is 0.251 e. The summed E-state index contributed by atoms with van der Waals surface area (Å²) < 4.78 is 10.9. The zero-order valence-corrected chi connectivity index (χ0v) is 12.0. The van der Waals surface area contributed by atoms with Gasteiger partial charge in [0.25, 0.3) is 5.91 Å². The maximum absolute atomic E-state index is 12.1. The van der Waals surface area contributed by atoms with E-state index in [4.69, 9.17) is 21.1 Å². The Morgan fingerprint density at radius 3 is 2.52 bits per heavy atom. The molecule has 1 heterocycles. The Labute approximate surface area is 127 Å². The largest absolute Gasteiger partial charge is 0.486 e. The lowest BCUT2D eigenvalue weighted by Gasteiger charge is -2.18. The van der Waals surface area contributed by atoms with Crippen molar-refractivity contribution in [1.82, 2.24) is 5.32 Å². The molecule has 2 aromatic rings. The Morgan fingerprint density at radius 1 is 1.05 bits per heavy atom. The van der Waals surface area contributed by atoms with Gasteiger partial charge >= 0.3 is 0 Å². The van der Waals surface area contributed by atoms with Crippen LogP contribution in [-0.2, 0) is 6.54 Å². The number of fused-ring (bicyclic) bond motifs is 1. The van der Waals surface area contributed by atoms with E-state index in [2.05, 4.69) is 5.32 Å². The van der Waals surface area contributed by atoms with Crippen molar-refractivity contribution < 1.29 is 14.3 Å². The van der Waals surface area contributed by atoms with Gasteiger partial charge in [-0.05, 0) is 35.9 Å². The standard InChI is InChI=1S/C16H14ClNO3/c17-13-4-1-11(2-5-13)10-18-16(19)12-3-6-14-15(9-12)21-8-7-20-14/h1-6,9H,7-8,10H2,(H,18,19). The fraction of sp³-hybridized carbons (Fsp3) is 0.188. The number of nitrogens with one attached hydrogen (secondary N) is 1. The van der Waals surface area contributed by atoms with Crippen LogP contribution in [-0.4, -0.2) is 19.1 Å². The van der Waals surface area contributed by atoms with E-state index in [9.17, 15) is 4.79 Å². The van der Waals surface area contributed by atoms with Gasteiger partial charge in [0.2, 0.25) is 0 Å². The van der Waals surface area contributed by atoms with Crippen LogP contribution in [0.25, 0.3) is 0 Å². The quantitative estimate of drug-likeness (QED) is 0.948. The third kappa shape index (κ3) is 3.28. The molecule has 1 aliphatic rings. The molecule has 0 fully saturated rings. The van der Waals surface area contributed by atoms with Gasteiger partial charge < -0.3 is 14.8 Å². The normalized spacial score (nSPS) is 12.8. The van der Waals surface area contributed by atoms with Crippen molar-refractivity contribution in [1.29, 1.82) is 0 Å². The van der Waals surface area contributed by atoms with Gasteiger partial charge in [0.05, 0.1) is 0 Å². The summed E-state index contributed by atoms with van der Waals surface area (Å²) in [4.78, 5) is 12.1. The van der Waals surface area contributed by atoms with Gasteiger partial charge in [-0.1, -0.05) is 23.7 Å². The van der Waals surface area contributed by atoms with Crippen molar-refractivity contribution >= 4 is 17.5 Å². The van der Waals surface area contributed by atoms with Crippen LogP contribution >= 0.6 is 11.6 Å². The van der Waals surface area contributed by atoms with Gasteiger partial charge in [-0.3, -0.25) is 4.79 Å². The summed E-state index contributed by atoms with van der Waals surface area (Å²) in [6.45, 7) is 1.49. The summed E-state index contributed by atoms with van der Waals surface area (Å²) in [6.07, 6.45) is 0. The van der Waals surface area contributed by atoms with Crippen LogP contribution in [0.5, 0.6) is 11.5 Å². The Bertz CT molecular complexity index is 655. The second-order valence-corrected chi connectivity index (χ2v) is 5.10. The smallest absolute Gasteiger partial charge is 0.251 e. The summed E-state index contributed by atoms with van der Waals surface area (Å²) in [5.41, 5.74) is 1.54. The molecule has 5 heteroatoms. The van der Waals surface area contributed by atoms with Crippen LogP contribution in [0.1, 0.15) is 15.9 Å². The van der Waals surface area contributed by atoms with Crippen molar-refractivity contribution in [2.45, 2.75) is 6.54 Å². The summed E-state index contributed by atoms with van der Waals surface area (Å²) in [5.74, 6) is 1.14. The van der Waals surface area contributed by atoms with Crippen LogP contribution in [0.4, 0.5) is 0 Å². The molecule has 1 N–H and O–H groups in total. The third-order valence-corrected chi connectivity index (χ3v) is 3.42. The Morgan fingerprint density at radius 2 is 1.76 bits per heavy atom. The number of halogens is 1. The molecule has 4 nitrogen and oxygen atoms in total. The van der Waals surface area contributed by atoms with Crippen molar-refractivity contribution in [3.05, 3.63) is 58.6 Å². The molecular formula is C16H14ClNO3. The highest BCUT2D eigenvalue weighted by molar-refractivity contribution is 6.30. The highest BCUT2D eigenvalue weighted by Crippen LogP contribution is 2.30. The molecule has 108 valence electrons. The third-order valence-electron chi connectivity index (χ3n) is 3.17. The van der Waals surface area contributed by atoms with Crippen molar-refractivity contribution in [3.63, 3.8) is 0 Å². The van der Waals surface area contributed by atoms with E-state index >= 15 is 0 Å². The van der Waals surface area contributed by atoms with E-state index in [0.717, 1.165) is 5.56 Å². The van der Waals surface area contributed by atoms with Crippen molar-refractivity contribution in [2.24, 2.45) is 0 Å². The number of carbonyl (C=O) groups excluding carboxylic acids is 1. The Balaban J connectivity index is 1.66. The number of hydrogen-bond acceptors (Lipinski definition) is 3. The first kappa shape index (κ1) is 13.8. The van der Waals surface area contributed by atoms with Crippen LogP contribution < -0.4 is 14.8 Å². The Kier molecular flexibility index (Phi) is 3.97. The average molecular weight is 304 g/mol. The van der Waals surface area contributed by atoms with E-state index in [1.165, 1.54) is 0 Å². The molecule has 1 aliphatic heterocycles. The second kappa shape index (κ2) is 6.06. The number of hydrogen-bond donors (Lipinski definition) is 1. The van der Waals surface area contributed by atoms with Crippen molar-refractivity contribution in [2.75, 3.05) is 13.2 Å². The lowest BCUT2D eigenvalue weighted by Crippen LogP contribution is -2.23. The molecule has 0 radical (unpaired) electrons. The summed E-state index contributed by atoms with van der Waals surface area (Å²) in [6, 6.07) is 12.5. The fourth-order valence-corrected chi connectivity index (χ4v) is 2.20. The average Bonchev–Trinajstić information content (AvgIpc) is 2.53. The van der Waals surface area contributed by atoms with Gasteiger partial charge in [0, 0.05) is 17.1 Å². The minimum atomic E-state index is -0.151. The van der Waals surface area contributed by atoms with E-state index in [-0.39, 0.29) is 5.91 Å². The van der Waals surface area contributed by atoms with E-state index in [1.807, 2.05) is 12.1 Å². The van der Waals surface area contributed by atoms with Gasteiger partial charge in [-0.15, -0.1) is 0 Å². The lowest BCUT2D eigenvalue weighted by molar-refractivity contribution is 0.0949. The fourth-order valence-electron chi connectivity index (χ4n) is 2.07. The molecule has 0 unspecified atom stereocenters. The predicted octanol–water partition coefficient (Wildman–Crippen LogP) is 3.04. The van der Waals surface area contributed by atoms with Crippen molar-refractivity contribution in [3.8, 4) is 11.5 Å². The molecule has 0 atom stereocenters. The van der Waals surface area contributed by atoms with Crippen LogP contribution in [0.3, 0.4) is 0 Å². The molecule has 0 saturated heterocycles. The maximum atomic E-state index is 12.1. The zero-order chi connectivity index (χ0) is 14.7. The molecule has 0 aromatic heterocycles. The first-order valence-corrected chi connectivity index (χ1v) is 7.02. The molecule has 1 amide bonds. The second-order valence-electron chi connectivity index (χ2n) is 4.67. The first-order chi connectivity index (χ1) is 10.2. The highest BCUT2D eigenvalue weighted by Gasteiger charge is 2.14. The van der Waals surface area contributed by atoms with Crippen LogP contribution in [0.15, 0.2) is 42.5 Å². The minimum Gasteiger partial charge on any atom is -0.486 e. The summed E-state index contributed by atoms with van der Waals surface area (Å²) in [7, 11) is 0. The Hall–Kier alpha value is -2.20. The van der Waals surface area contributed by atoms with Gasteiger partial charge in [0.1, 0.15) is 13.2 Å². The topological polar surface area (TPSA) is 47.6 Å². The summed E-state index contributed by atoms with van der Waals surface area (Å²) >= 11 is 5.82. The van der Waals surface area contributed by atoms with Crippen LogP contribution in [0.2, 0.25) is 5.02 Å². The van der Waals surface area contributed by atoms with Gasteiger partial charge in [-0.25, -0.2) is 0 Å². The molecular weight excluding hydrogens is 290 g/mol. The predicted molar refractivity (Wildman–Crippen MR) is 80.1 cm³/mol. The zero-order valence-electron chi connectivity index (χ0n) is 11.3. The molecule has 2 aromatic carbocycles. The van der Waals surface area contributed by atoms with Gasteiger partial charge in [0.15, 0.2) is 11.5 Å². The molecule has 0 spiro atoms. The first-order valence-electron chi connectivity index (χ1n) is 6.65. The highest BCUT2D eigenvalue weighted by atomic mass is 35.5. The molecule has 0 aliphatic carbocycles. The minimum absolute atomic E-state index is 0.151. The number of ether oxygens (including phenoxy) is 2. The monoisotopic (exact) mass is 303 g/mol. The number of amides is 1. The van der Waals surface area contributed by atoms with Gasteiger partial charge in [-0.2, -0.15) is 0 Å². The number of rotatable bonds is 3. The lowest BCUT2D eigenvalue weighted by atomic mass is 10.1. The SMILES string of the molecule is O=C(NCc1ccc(Cl)cc1)c1ccc2c(c1)OCCO2. The molecule has 0 saturated carbocycles. The summed E-state index contributed by atoms with van der Waals surface area (Å²) in [5, 5.41) is 3.54. The molecule has 21 heavy (non-hydrogen) atoms. The van der Waals surface area contributed by atoms with Crippen LogP contribution in [0, 0.1) is 0 Å². The van der Waals surface area contributed by atoms with E-state index < -0.39 is 0 Å². The van der Waals surface area contributed by atoms with E-state index in [1.54, 1.807) is 30.3 Å². The number of carbonyl (C=O) groups is 1. The van der Waals surface area contributed by atoms with E-state index in [0.29, 0.717) is 41.8 Å². The molecule has 3 rings (SSSR count). The molecule has 0 bridgehead atoms.